The van der Waals surface area contributed by atoms with Crippen molar-refractivity contribution in [3.8, 4) is 5.75 Å². The fourth-order valence-corrected chi connectivity index (χ4v) is 1.92. The predicted molar refractivity (Wildman–Crippen MR) is 70.8 cm³/mol. The molecule has 0 fully saturated rings. The van der Waals surface area contributed by atoms with Gasteiger partial charge in [0, 0.05) is 6.42 Å². The molecule has 1 N–H and O–H groups in total. The van der Waals surface area contributed by atoms with Gasteiger partial charge in [-0.2, -0.15) is 0 Å². The van der Waals surface area contributed by atoms with E-state index in [9.17, 15) is 9.90 Å². The van der Waals surface area contributed by atoms with Crippen LogP contribution in [0.5, 0.6) is 5.75 Å². The molecule has 18 heavy (non-hydrogen) atoms. The van der Waals surface area contributed by atoms with Crippen molar-refractivity contribution in [1.29, 1.82) is 0 Å². The molecule has 0 aromatic heterocycles. The maximum absolute atomic E-state index is 11.5. The maximum Gasteiger partial charge on any atom is 0.165 e. The van der Waals surface area contributed by atoms with Crippen LogP contribution in [-0.4, -0.2) is 18.0 Å². The van der Waals surface area contributed by atoms with Crippen LogP contribution < -0.4 is 4.74 Å². The molecular weight excluding hydrogens is 228 g/mol. The Bertz CT molecular complexity index is 575. The first-order valence-corrected chi connectivity index (χ1v) is 5.94. The number of hydrogen-bond donors (Lipinski definition) is 1. The summed E-state index contributed by atoms with van der Waals surface area (Å²) in [6.07, 6.45) is -0.691. The van der Waals surface area contributed by atoms with Gasteiger partial charge in [0.25, 0.3) is 0 Å². The van der Waals surface area contributed by atoms with Crippen LogP contribution in [0.25, 0.3) is 10.8 Å². The van der Waals surface area contributed by atoms with Crippen LogP contribution in [0.1, 0.15) is 25.0 Å². The normalized spacial score (nSPS) is 12.4. The van der Waals surface area contributed by atoms with Crippen molar-refractivity contribution in [2.75, 3.05) is 7.11 Å². The monoisotopic (exact) mass is 244 g/mol. The molecule has 2 aromatic rings. The quantitative estimate of drug-likeness (QED) is 0.899. The summed E-state index contributed by atoms with van der Waals surface area (Å²) < 4.78 is 5.15. The standard InChI is InChI=1S/C15H16O3/c1-3-14(16)15(17)12-5-4-11-9-13(18-2)7-6-10(11)8-12/h4-9,15,17H,3H2,1-2H3. The highest BCUT2D eigenvalue weighted by atomic mass is 16.5. The van der Waals surface area contributed by atoms with Crippen molar-refractivity contribution in [2.24, 2.45) is 0 Å². The van der Waals surface area contributed by atoms with E-state index in [0.29, 0.717) is 12.0 Å². The molecule has 0 amide bonds. The van der Waals surface area contributed by atoms with Gasteiger partial charge < -0.3 is 9.84 Å². The summed E-state index contributed by atoms with van der Waals surface area (Å²) in [5, 5.41) is 11.9. The molecule has 0 saturated carbocycles. The lowest BCUT2D eigenvalue weighted by Crippen LogP contribution is -2.10. The zero-order valence-corrected chi connectivity index (χ0v) is 10.5. The van der Waals surface area contributed by atoms with E-state index in [-0.39, 0.29) is 5.78 Å². The molecule has 0 heterocycles. The minimum Gasteiger partial charge on any atom is -0.497 e. The molecule has 0 spiro atoms. The Morgan fingerprint density at radius 3 is 2.56 bits per heavy atom. The van der Waals surface area contributed by atoms with Crippen molar-refractivity contribution in [1.82, 2.24) is 0 Å². The van der Waals surface area contributed by atoms with Crippen LogP contribution in [0.2, 0.25) is 0 Å². The van der Waals surface area contributed by atoms with Crippen molar-refractivity contribution < 1.29 is 14.6 Å². The van der Waals surface area contributed by atoms with Gasteiger partial charge in [-0.3, -0.25) is 4.79 Å². The van der Waals surface area contributed by atoms with Crippen LogP contribution in [0.4, 0.5) is 0 Å². The number of hydrogen-bond acceptors (Lipinski definition) is 3. The smallest absolute Gasteiger partial charge is 0.165 e. The van der Waals surface area contributed by atoms with Gasteiger partial charge in [-0.05, 0) is 34.5 Å². The Hall–Kier alpha value is -1.87. The van der Waals surface area contributed by atoms with Gasteiger partial charge in [-0.1, -0.05) is 25.1 Å². The Morgan fingerprint density at radius 1 is 1.22 bits per heavy atom. The molecular formula is C15H16O3. The van der Waals surface area contributed by atoms with Crippen molar-refractivity contribution >= 4 is 16.6 Å². The van der Waals surface area contributed by atoms with E-state index in [2.05, 4.69) is 0 Å². The van der Waals surface area contributed by atoms with Crippen molar-refractivity contribution in [2.45, 2.75) is 19.4 Å². The molecule has 2 rings (SSSR count). The number of Topliss-reactive ketones (excluding diaryl/α,β-unsaturated/α-hetero) is 1. The molecule has 1 unspecified atom stereocenters. The van der Waals surface area contributed by atoms with Gasteiger partial charge in [0.15, 0.2) is 5.78 Å². The fourth-order valence-electron chi connectivity index (χ4n) is 1.92. The third-order valence-electron chi connectivity index (χ3n) is 3.04. The topological polar surface area (TPSA) is 46.5 Å². The van der Waals surface area contributed by atoms with E-state index in [1.165, 1.54) is 0 Å². The summed E-state index contributed by atoms with van der Waals surface area (Å²) in [6.45, 7) is 1.75. The molecule has 0 aliphatic carbocycles. The predicted octanol–water partition coefficient (Wildman–Crippen LogP) is 2.86. The highest BCUT2D eigenvalue weighted by molar-refractivity contribution is 5.88. The van der Waals surface area contributed by atoms with E-state index in [1.54, 1.807) is 20.1 Å². The SMILES string of the molecule is CCC(=O)C(O)c1ccc2cc(OC)ccc2c1. The van der Waals surface area contributed by atoms with E-state index < -0.39 is 6.10 Å². The highest BCUT2D eigenvalue weighted by Crippen LogP contribution is 2.25. The summed E-state index contributed by atoms with van der Waals surface area (Å²) >= 11 is 0. The van der Waals surface area contributed by atoms with E-state index in [0.717, 1.165) is 16.5 Å². The summed E-state index contributed by atoms with van der Waals surface area (Å²) in [5.41, 5.74) is 0.638. The van der Waals surface area contributed by atoms with Gasteiger partial charge >= 0.3 is 0 Å². The first kappa shape index (κ1) is 12.6. The minimum atomic E-state index is -1.03. The largest absolute Gasteiger partial charge is 0.497 e. The van der Waals surface area contributed by atoms with Crippen LogP contribution in [0.15, 0.2) is 36.4 Å². The second-order valence-corrected chi connectivity index (χ2v) is 4.19. The lowest BCUT2D eigenvalue weighted by atomic mass is 10.00. The van der Waals surface area contributed by atoms with Gasteiger partial charge in [0.1, 0.15) is 11.9 Å². The first-order valence-electron chi connectivity index (χ1n) is 5.94. The average Bonchev–Trinajstić information content (AvgIpc) is 2.44. The molecule has 3 heteroatoms. The highest BCUT2D eigenvalue weighted by Gasteiger charge is 2.15. The molecule has 3 nitrogen and oxygen atoms in total. The van der Waals surface area contributed by atoms with E-state index in [1.807, 2.05) is 30.3 Å². The molecule has 0 aliphatic heterocycles. The number of ether oxygens (including phenoxy) is 1. The van der Waals surface area contributed by atoms with Gasteiger partial charge in [0.2, 0.25) is 0 Å². The third-order valence-corrected chi connectivity index (χ3v) is 3.04. The lowest BCUT2D eigenvalue weighted by molar-refractivity contribution is -0.127. The van der Waals surface area contributed by atoms with Gasteiger partial charge in [-0.25, -0.2) is 0 Å². The number of methoxy groups -OCH3 is 1. The Labute approximate surface area is 106 Å². The fraction of sp³-hybridized carbons (Fsp3) is 0.267. The second kappa shape index (κ2) is 5.19. The number of carbonyl (C=O) groups is 1. The minimum absolute atomic E-state index is 0.164. The van der Waals surface area contributed by atoms with E-state index >= 15 is 0 Å². The molecule has 1 atom stereocenters. The van der Waals surface area contributed by atoms with Gasteiger partial charge in [0.05, 0.1) is 7.11 Å². The number of rotatable bonds is 4. The molecule has 0 saturated heterocycles. The Balaban J connectivity index is 2.42. The molecule has 0 radical (unpaired) electrons. The number of aliphatic hydroxyl groups excluding tert-OH is 1. The zero-order valence-electron chi connectivity index (χ0n) is 10.5. The first-order chi connectivity index (χ1) is 8.65. The summed E-state index contributed by atoms with van der Waals surface area (Å²) in [6, 6.07) is 11.2. The van der Waals surface area contributed by atoms with Crippen molar-refractivity contribution in [3.63, 3.8) is 0 Å². The Morgan fingerprint density at radius 2 is 1.89 bits per heavy atom. The zero-order chi connectivity index (χ0) is 13.1. The third kappa shape index (κ3) is 2.36. The van der Waals surface area contributed by atoms with Crippen molar-refractivity contribution in [3.05, 3.63) is 42.0 Å². The summed E-state index contributed by atoms with van der Waals surface area (Å²) in [7, 11) is 1.62. The van der Waals surface area contributed by atoms with Crippen LogP contribution >= 0.6 is 0 Å². The molecule has 94 valence electrons. The number of carbonyl (C=O) groups excluding carboxylic acids is 1. The lowest BCUT2D eigenvalue weighted by Gasteiger charge is -2.10. The number of aliphatic hydroxyl groups is 1. The molecule has 2 aromatic carbocycles. The average molecular weight is 244 g/mol. The molecule has 0 bridgehead atoms. The Kier molecular flexibility index (Phi) is 3.63. The summed E-state index contributed by atoms with van der Waals surface area (Å²) in [4.78, 5) is 11.5. The van der Waals surface area contributed by atoms with E-state index in [4.69, 9.17) is 4.74 Å². The van der Waals surface area contributed by atoms with Crippen LogP contribution in [0.3, 0.4) is 0 Å². The van der Waals surface area contributed by atoms with Gasteiger partial charge in [-0.15, -0.1) is 0 Å². The number of benzene rings is 2. The maximum atomic E-state index is 11.5. The van der Waals surface area contributed by atoms with Crippen LogP contribution in [-0.2, 0) is 4.79 Å². The molecule has 0 aliphatic rings. The summed E-state index contributed by atoms with van der Waals surface area (Å²) in [5.74, 6) is 0.628. The number of fused-ring (bicyclic) bond motifs is 1. The second-order valence-electron chi connectivity index (χ2n) is 4.19. The number of ketones is 1. The van der Waals surface area contributed by atoms with Crippen LogP contribution in [0, 0.1) is 0 Å².